The minimum atomic E-state index is -0.00870. The summed E-state index contributed by atoms with van der Waals surface area (Å²) in [7, 11) is 0. The van der Waals surface area contributed by atoms with Crippen LogP contribution in [0.15, 0.2) is 0 Å². The molecule has 2 unspecified atom stereocenters. The summed E-state index contributed by atoms with van der Waals surface area (Å²) in [6, 6.07) is 0.616. The van der Waals surface area contributed by atoms with E-state index in [2.05, 4.69) is 5.32 Å². The van der Waals surface area contributed by atoms with E-state index in [4.69, 9.17) is 0 Å². The summed E-state index contributed by atoms with van der Waals surface area (Å²) >= 11 is 0. The van der Waals surface area contributed by atoms with Crippen LogP contribution in [0.2, 0.25) is 0 Å². The summed E-state index contributed by atoms with van der Waals surface area (Å²) in [6.07, 6.45) is 6.06. The number of aliphatic hydroxyl groups excluding tert-OH is 1. The smallest absolute Gasteiger partial charge is 0.0583 e. The summed E-state index contributed by atoms with van der Waals surface area (Å²) in [6.45, 7) is 1.15. The fourth-order valence-electron chi connectivity index (χ4n) is 1.92. The highest BCUT2D eigenvalue weighted by Crippen LogP contribution is 2.34. The molecule has 1 saturated heterocycles. The predicted octanol–water partition coefficient (Wildman–Crippen LogP) is 0.899. The molecule has 0 bridgehead atoms. The van der Waals surface area contributed by atoms with Crippen LogP contribution >= 0.6 is 0 Å². The van der Waals surface area contributed by atoms with Gasteiger partial charge in [0.15, 0.2) is 0 Å². The third-order valence-electron chi connectivity index (χ3n) is 2.85. The monoisotopic (exact) mass is 155 g/mol. The lowest BCUT2D eigenvalue weighted by Gasteiger charge is -2.14. The van der Waals surface area contributed by atoms with Gasteiger partial charge in [0.1, 0.15) is 0 Å². The molecule has 11 heavy (non-hydrogen) atoms. The summed E-state index contributed by atoms with van der Waals surface area (Å²) in [5, 5.41) is 13.0. The van der Waals surface area contributed by atoms with Crippen molar-refractivity contribution < 1.29 is 5.11 Å². The normalized spacial score (nSPS) is 34.1. The van der Waals surface area contributed by atoms with Gasteiger partial charge >= 0.3 is 0 Å². The van der Waals surface area contributed by atoms with Gasteiger partial charge in [0, 0.05) is 6.04 Å². The van der Waals surface area contributed by atoms with E-state index in [0.29, 0.717) is 12.0 Å². The van der Waals surface area contributed by atoms with Gasteiger partial charge in [-0.05, 0) is 44.6 Å². The number of rotatable bonds is 3. The van der Waals surface area contributed by atoms with Crippen molar-refractivity contribution >= 4 is 0 Å². The molecule has 2 N–H and O–H groups in total. The van der Waals surface area contributed by atoms with Crippen LogP contribution in [0.25, 0.3) is 0 Å². The van der Waals surface area contributed by atoms with Crippen LogP contribution in [0.1, 0.15) is 32.1 Å². The van der Waals surface area contributed by atoms with E-state index >= 15 is 0 Å². The van der Waals surface area contributed by atoms with Crippen molar-refractivity contribution in [3.63, 3.8) is 0 Å². The molecule has 2 atom stereocenters. The molecule has 0 aromatic carbocycles. The summed E-state index contributed by atoms with van der Waals surface area (Å²) in [5.41, 5.74) is 0. The van der Waals surface area contributed by atoms with E-state index in [9.17, 15) is 5.11 Å². The van der Waals surface area contributed by atoms with Crippen molar-refractivity contribution in [1.29, 1.82) is 0 Å². The van der Waals surface area contributed by atoms with Crippen LogP contribution < -0.4 is 5.32 Å². The Morgan fingerprint density at radius 1 is 1.36 bits per heavy atom. The predicted molar refractivity (Wildman–Crippen MR) is 44.4 cm³/mol. The minimum absolute atomic E-state index is 0.00870. The van der Waals surface area contributed by atoms with Crippen LogP contribution in [-0.2, 0) is 0 Å². The lowest BCUT2D eigenvalue weighted by Crippen LogP contribution is -2.27. The maximum Gasteiger partial charge on any atom is 0.0583 e. The quantitative estimate of drug-likeness (QED) is 0.634. The van der Waals surface area contributed by atoms with Gasteiger partial charge in [0.05, 0.1) is 6.10 Å². The summed E-state index contributed by atoms with van der Waals surface area (Å²) < 4.78 is 0. The van der Waals surface area contributed by atoms with E-state index < -0.39 is 0 Å². The third kappa shape index (κ3) is 1.94. The van der Waals surface area contributed by atoms with Gasteiger partial charge in [-0.3, -0.25) is 0 Å². The maximum atomic E-state index is 9.61. The van der Waals surface area contributed by atoms with E-state index in [1.165, 1.54) is 25.7 Å². The van der Waals surface area contributed by atoms with E-state index in [1.807, 2.05) is 0 Å². The molecule has 2 aliphatic rings. The van der Waals surface area contributed by atoms with Crippen molar-refractivity contribution in [2.45, 2.75) is 44.2 Å². The first-order valence-corrected chi connectivity index (χ1v) is 4.78. The molecule has 2 rings (SSSR count). The highest BCUT2D eigenvalue weighted by atomic mass is 16.3. The molecule has 1 saturated carbocycles. The van der Waals surface area contributed by atoms with Gasteiger partial charge in [-0.15, -0.1) is 0 Å². The Labute approximate surface area is 68.0 Å². The van der Waals surface area contributed by atoms with Crippen LogP contribution in [0, 0.1) is 5.92 Å². The molecule has 1 heterocycles. The first kappa shape index (κ1) is 7.56. The van der Waals surface area contributed by atoms with Crippen LogP contribution in [0.3, 0.4) is 0 Å². The van der Waals surface area contributed by atoms with E-state index in [1.54, 1.807) is 0 Å². The molecular formula is C9H17NO. The van der Waals surface area contributed by atoms with Crippen LogP contribution in [-0.4, -0.2) is 23.8 Å². The Bertz CT molecular complexity index is 128. The SMILES string of the molecule is OC(CC1CCCN1)C1CC1. The second-order valence-electron chi connectivity index (χ2n) is 3.93. The van der Waals surface area contributed by atoms with Gasteiger partial charge in [-0.25, -0.2) is 0 Å². The lowest BCUT2D eigenvalue weighted by atomic mass is 10.0. The van der Waals surface area contributed by atoms with Crippen LogP contribution in [0.4, 0.5) is 0 Å². The largest absolute Gasteiger partial charge is 0.393 e. The average Bonchev–Trinajstić information content (AvgIpc) is 2.73. The molecule has 0 radical (unpaired) electrons. The summed E-state index contributed by atoms with van der Waals surface area (Å²) in [4.78, 5) is 0. The fourth-order valence-corrected chi connectivity index (χ4v) is 1.92. The molecule has 0 aromatic rings. The zero-order valence-corrected chi connectivity index (χ0v) is 6.92. The van der Waals surface area contributed by atoms with Gasteiger partial charge in [-0.2, -0.15) is 0 Å². The molecule has 2 heteroatoms. The average molecular weight is 155 g/mol. The zero-order valence-electron chi connectivity index (χ0n) is 6.92. The van der Waals surface area contributed by atoms with Crippen molar-refractivity contribution in [1.82, 2.24) is 5.32 Å². The Balaban J connectivity index is 1.70. The van der Waals surface area contributed by atoms with E-state index in [-0.39, 0.29) is 6.10 Å². The molecule has 2 fully saturated rings. The molecule has 64 valence electrons. The number of hydrogen-bond acceptors (Lipinski definition) is 2. The summed E-state index contributed by atoms with van der Waals surface area (Å²) in [5.74, 6) is 0.650. The lowest BCUT2D eigenvalue weighted by molar-refractivity contribution is 0.130. The second kappa shape index (κ2) is 3.11. The van der Waals surface area contributed by atoms with Crippen molar-refractivity contribution in [2.24, 2.45) is 5.92 Å². The molecule has 1 aliphatic carbocycles. The Hall–Kier alpha value is -0.0800. The highest BCUT2D eigenvalue weighted by molar-refractivity contribution is 4.85. The highest BCUT2D eigenvalue weighted by Gasteiger charge is 2.31. The molecule has 0 spiro atoms. The molecule has 2 nitrogen and oxygen atoms in total. The van der Waals surface area contributed by atoms with Gasteiger partial charge in [-0.1, -0.05) is 0 Å². The Kier molecular flexibility index (Phi) is 2.14. The van der Waals surface area contributed by atoms with Crippen molar-refractivity contribution in [3.8, 4) is 0 Å². The topological polar surface area (TPSA) is 32.3 Å². The first-order chi connectivity index (χ1) is 5.36. The van der Waals surface area contributed by atoms with Crippen molar-refractivity contribution in [3.05, 3.63) is 0 Å². The van der Waals surface area contributed by atoms with Gasteiger partial charge in [0.25, 0.3) is 0 Å². The number of aliphatic hydroxyl groups is 1. The first-order valence-electron chi connectivity index (χ1n) is 4.78. The zero-order chi connectivity index (χ0) is 7.68. The minimum Gasteiger partial charge on any atom is -0.393 e. The third-order valence-corrected chi connectivity index (χ3v) is 2.85. The van der Waals surface area contributed by atoms with Crippen LogP contribution in [0.5, 0.6) is 0 Å². The fraction of sp³-hybridized carbons (Fsp3) is 1.00. The molecule has 1 aliphatic heterocycles. The Morgan fingerprint density at radius 2 is 2.18 bits per heavy atom. The number of hydrogen-bond donors (Lipinski definition) is 2. The van der Waals surface area contributed by atoms with Gasteiger partial charge in [0.2, 0.25) is 0 Å². The maximum absolute atomic E-state index is 9.61. The van der Waals surface area contributed by atoms with E-state index in [0.717, 1.165) is 13.0 Å². The molecule has 0 aromatic heterocycles. The Morgan fingerprint density at radius 3 is 2.73 bits per heavy atom. The number of nitrogens with one attached hydrogen (secondary N) is 1. The van der Waals surface area contributed by atoms with Gasteiger partial charge < -0.3 is 10.4 Å². The molecule has 0 amide bonds. The molecular weight excluding hydrogens is 138 g/mol. The van der Waals surface area contributed by atoms with Crippen molar-refractivity contribution in [2.75, 3.05) is 6.54 Å². The second-order valence-corrected chi connectivity index (χ2v) is 3.93. The standard InChI is InChI=1S/C9H17NO/c11-9(7-3-4-7)6-8-2-1-5-10-8/h7-11H,1-6H2.